The van der Waals surface area contributed by atoms with Crippen molar-refractivity contribution in [3.05, 3.63) is 47.0 Å². The Morgan fingerprint density at radius 2 is 2.06 bits per heavy atom. The molecule has 0 spiro atoms. The Morgan fingerprint density at radius 1 is 1.22 bits per heavy atom. The van der Waals surface area contributed by atoms with Crippen LogP contribution in [0.25, 0.3) is 0 Å². The first-order chi connectivity index (χ1) is 15.5. The third-order valence-corrected chi connectivity index (χ3v) is 5.66. The molecule has 1 heterocycles. The number of Topliss-reactive ketones (excluding diaryl/α,β-unsaturated/α-hetero) is 1. The number of methoxy groups -OCH3 is 1. The smallest absolute Gasteiger partial charge is 0.164 e. The number of phenolic OH excluding ortho intramolecular Hbond substituents is 1. The van der Waals surface area contributed by atoms with Gasteiger partial charge in [-0.1, -0.05) is 12.1 Å². The van der Waals surface area contributed by atoms with Gasteiger partial charge in [-0.15, -0.1) is 0 Å². The molecule has 3 N–H and O–H groups in total. The van der Waals surface area contributed by atoms with Gasteiger partial charge in [0, 0.05) is 18.4 Å². The Kier molecular flexibility index (Phi) is 8.76. The number of aliphatic hydroxyl groups is 1. The molecule has 1 aliphatic heterocycles. The van der Waals surface area contributed by atoms with Crippen molar-refractivity contribution in [3.8, 4) is 23.0 Å². The Morgan fingerprint density at radius 3 is 2.84 bits per heavy atom. The number of hydrogen-bond donors (Lipinski definition) is 3. The van der Waals surface area contributed by atoms with Gasteiger partial charge in [0.25, 0.3) is 0 Å². The van der Waals surface area contributed by atoms with E-state index in [-0.39, 0.29) is 18.0 Å². The fourth-order valence-corrected chi connectivity index (χ4v) is 3.96. The molecule has 0 aliphatic carbocycles. The van der Waals surface area contributed by atoms with Gasteiger partial charge in [0.1, 0.15) is 12.5 Å². The molecule has 2 aromatic rings. The molecule has 0 bridgehead atoms. The van der Waals surface area contributed by atoms with Crippen LogP contribution in [0.15, 0.2) is 30.3 Å². The van der Waals surface area contributed by atoms with Crippen molar-refractivity contribution in [1.82, 2.24) is 5.32 Å². The van der Waals surface area contributed by atoms with Crippen molar-refractivity contribution in [2.75, 3.05) is 27.5 Å². The first-order valence-electron chi connectivity index (χ1n) is 11.1. The third-order valence-electron chi connectivity index (χ3n) is 5.66. The van der Waals surface area contributed by atoms with E-state index in [1.54, 1.807) is 20.2 Å². The summed E-state index contributed by atoms with van der Waals surface area (Å²) in [5.41, 5.74) is 3.05. The lowest BCUT2D eigenvalue weighted by molar-refractivity contribution is -0.121. The number of nitrogens with one attached hydrogen (secondary N) is 1. The highest BCUT2D eigenvalue weighted by Gasteiger charge is 2.19. The van der Waals surface area contributed by atoms with Crippen molar-refractivity contribution in [3.63, 3.8) is 0 Å². The number of aliphatic hydroxyl groups excluding tert-OH is 1. The molecule has 1 unspecified atom stereocenters. The highest BCUT2D eigenvalue weighted by atomic mass is 16.5. The summed E-state index contributed by atoms with van der Waals surface area (Å²) in [4.78, 5) is 12.4. The van der Waals surface area contributed by atoms with Crippen LogP contribution in [0, 0.1) is 0 Å². The Bertz CT molecular complexity index is 914. The van der Waals surface area contributed by atoms with Gasteiger partial charge >= 0.3 is 0 Å². The zero-order valence-electron chi connectivity index (χ0n) is 18.9. The molecule has 2 aromatic carbocycles. The standard InChI is InChI=1S/C25H33NO6/c1-26-16-32-23-12-6-17(14-24(23)30-2)5-9-19(27)15-20(28)10-7-18-8-11-22(29)25-21(18)4-3-13-31-25/h6,8,11-12,14,19,26-27,29H,3-5,7,9-10,13,15-16H2,1-2H3. The number of carbonyl (C=O) groups is 1. The number of aryl methyl sites for hydroxylation is 2. The van der Waals surface area contributed by atoms with Crippen LogP contribution in [0.3, 0.4) is 0 Å². The lowest BCUT2D eigenvalue weighted by Gasteiger charge is -2.21. The molecule has 174 valence electrons. The number of rotatable bonds is 12. The number of ketones is 1. The second-order valence-electron chi connectivity index (χ2n) is 8.07. The van der Waals surface area contributed by atoms with Crippen LogP contribution in [-0.4, -0.2) is 49.6 Å². The maximum absolute atomic E-state index is 12.4. The van der Waals surface area contributed by atoms with Gasteiger partial charge in [-0.25, -0.2) is 0 Å². The van der Waals surface area contributed by atoms with Crippen LogP contribution in [-0.2, 0) is 24.1 Å². The van der Waals surface area contributed by atoms with Gasteiger partial charge in [-0.3, -0.25) is 10.1 Å². The van der Waals surface area contributed by atoms with Gasteiger partial charge in [0.05, 0.1) is 19.8 Å². The van der Waals surface area contributed by atoms with E-state index in [4.69, 9.17) is 14.2 Å². The van der Waals surface area contributed by atoms with Gasteiger partial charge in [0.15, 0.2) is 23.0 Å². The van der Waals surface area contributed by atoms with E-state index in [9.17, 15) is 15.0 Å². The predicted molar refractivity (Wildman–Crippen MR) is 122 cm³/mol. The number of aromatic hydroxyl groups is 1. The Labute approximate surface area is 189 Å². The molecule has 0 saturated carbocycles. The van der Waals surface area contributed by atoms with Crippen LogP contribution in [0.1, 0.15) is 42.4 Å². The maximum Gasteiger partial charge on any atom is 0.164 e. The molecule has 7 heteroatoms. The van der Waals surface area contributed by atoms with Crippen molar-refractivity contribution in [2.45, 2.75) is 51.0 Å². The fraction of sp³-hybridized carbons (Fsp3) is 0.480. The van der Waals surface area contributed by atoms with Crippen LogP contribution >= 0.6 is 0 Å². The molecular weight excluding hydrogens is 410 g/mol. The van der Waals surface area contributed by atoms with E-state index < -0.39 is 6.10 Å². The highest BCUT2D eigenvalue weighted by molar-refractivity contribution is 5.79. The van der Waals surface area contributed by atoms with Crippen LogP contribution in [0.5, 0.6) is 23.0 Å². The molecular formula is C25H33NO6. The van der Waals surface area contributed by atoms with Crippen molar-refractivity contribution >= 4 is 5.78 Å². The largest absolute Gasteiger partial charge is 0.504 e. The van der Waals surface area contributed by atoms with E-state index in [1.807, 2.05) is 24.3 Å². The number of phenols is 1. The third kappa shape index (κ3) is 6.37. The lowest BCUT2D eigenvalue weighted by Crippen LogP contribution is -2.16. The maximum atomic E-state index is 12.4. The molecule has 7 nitrogen and oxygen atoms in total. The number of benzene rings is 2. The van der Waals surface area contributed by atoms with Crippen LogP contribution < -0.4 is 19.5 Å². The predicted octanol–water partition coefficient (Wildman–Crippen LogP) is 3.17. The Hall–Kier alpha value is -2.77. The molecule has 0 fully saturated rings. The summed E-state index contributed by atoms with van der Waals surface area (Å²) in [6.45, 7) is 0.989. The summed E-state index contributed by atoms with van der Waals surface area (Å²) >= 11 is 0. The molecule has 0 amide bonds. The van der Waals surface area contributed by atoms with Gasteiger partial charge in [-0.05, 0) is 68.5 Å². The Balaban J connectivity index is 1.47. The number of fused-ring (bicyclic) bond motifs is 1. The first-order valence-corrected chi connectivity index (χ1v) is 11.1. The van der Waals surface area contributed by atoms with E-state index >= 15 is 0 Å². The molecule has 1 atom stereocenters. The summed E-state index contributed by atoms with van der Waals surface area (Å²) in [5, 5.41) is 23.3. The second-order valence-corrected chi connectivity index (χ2v) is 8.07. The topological polar surface area (TPSA) is 97.2 Å². The van der Waals surface area contributed by atoms with Crippen LogP contribution in [0.2, 0.25) is 0 Å². The molecule has 32 heavy (non-hydrogen) atoms. The fourth-order valence-electron chi connectivity index (χ4n) is 3.96. The normalized spacial score (nSPS) is 13.7. The molecule has 1 aliphatic rings. The monoisotopic (exact) mass is 443 g/mol. The second kappa shape index (κ2) is 11.7. The first kappa shape index (κ1) is 23.9. The minimum absolute atomic E-state index is 0.0319. The van der Waals surface area contributed by atoms with E-state index in [1.165, 1.54) is 0 Å². The SMILES string of the molecule is CNCOc1ccc(CCC(O)CC(=O)CCc2ccc(O)c3c2CCCO3)cc1OC. The van der Waals surface area contributed by atoms with Gasteiger partial charge in [-0.2, -0.15) is 0 Å². The van der Waals surface area contributed by atoms with Crippen molar-refractivity contribution in [1.29, 1.82) is 0 Å². The molecule has 3 rings (SSSR count). The molecule has 0 aromatic heterocycles. The van der Waals surface area contributed by atoms with Gasteiger partial charge < -0.3 is 24.4 Å². The summed E-state index contributed by atoms with van der Waals surface area (Å²) in [5.74, 6) is 2.04. The summed E-state index contributed by atoms with van der Waals surface area (Å²) in [7, 11) is 3.40. The van der Waals surface area contributed by atoms with E-state index in [2.05, 4.69) is 5.32 Å². The molecule has 0 saturated heterocycles. The zero-order valence-corrected chi connectivity index (χ0v) is 18.9. The molecule has 0 radical (unpaired) electrons. The number of hydrogen-bond acceptors (Lipinski definition) is 7. The van der Waals surface area contributed by atoms with E-state index in [0.29, 0.717) is 56.3 Å². The zero-order chi connectivity index (χ0) is 22.9. The minimum atomic E-state index is -0.689. The lowest BCUT2D eigenvalue weighted by atomic mass is 9.94. The van der Waals surface area contributed by atoms with Gasteiger partial charge in [0.2, 0.25) is 0 Å². The average Bonchev–Trinajstić information content (AvgIpc) is 2.81. The number of carbonyl (C=O) groups excluding carboxylic acids is 1. The summed E-state index contributed by atoms with van der Waals surface area (Å²) < 4.78 is 16.5. The summed E-state index contributed by atoms with van der Waals surface area (Å²) in [6.07, 6.45) is 3.28. The summed E-state index contributed by atoms with van der Waals surface area (Å²) in [6, 6.07) is 9.19. The van der Waals surface area contributed by atoms with E-state index in [0.717, 1.165) is 29.5 Å². The van der Waals surface area contributed by atoms with Crippen molar-refractivity contribution < 1.29 is 29.2 Å². The van der Waals surface area contributed by atoms with Crippen molar-refractivity contribution in [2.24, 2.45) is 0 Å². The highest BCUT2D eigenvalue weighted by Crippen LogP contribution is 2.36. The number of ether oxygens (including phenoxy) is 3. The van der Waals surface area contributed by atoms with Crippen LogP contribution in [0.4, 0.5) is 0 Å². The minimum Gasteiger partial charge on any atom is -0.504 e. The quantitative estimate of drug-likeness (QED) is 0.434. The average molecular weight is 444 g/mol.